The van der Waals surface area contributed by atoms with E-state index in [1.807, 2.05) is 24.3 Å². The van der Waals surface area contributed by atoms with Crippen LogP contribution in [0.15, 0.2) is 53.5 Å². The molecular weight excluding hydrogens is 491 g/mol. The summed E-state index contributed by atoms with van der Waals surface area (Å²) >= 11 is 0. The summed E-state index contributed by atoms with van der Waals surface area (Å²) in [6.45, 7) is 5.51. The van der Waals surface area contributed by atoms with Crippen molar-refractivity contribution in [2.24, 2.45) is 4.99 Å². The highest BCUT2D eigenvalue weighted by molar-refractivity contribution is 14.0. The summed E-state index contributed by atoms with van der Waals surface area (Å²) in [4.78, 5) is 7.12. The molecule has 30 heavy (non-hydrogen) atoms. The maximum atomic E-state index is 9.60. The second-order valence-corrected chi connectivity index (χ2v) is 7.28. The lowest BCUT2D eigenvalue weighted by atomic mass is 10.0. The third-order valence-electron chi connectivity index (χ3n) is 5.11. The number of nitrogens with one attached hydrogen (secondary N) is 2. The lowest BCUT2D eigenvalue weighted by Gasteiger charge is -2.36. The molecule has 0 bridgehead atoms. The van der Waals surface area contributed by atoms with Crippen LogP contribution in [0.4, 0.5) is 5.69 Å². The first-order chi connectivity index (χ1) is 14.2. The fourth-order valence-corrected chi connectivity index (χ4v) is 3.73. The van der Waals surface area contributed by atoms with E-state index in [0.717, 1.165) is 61.9 Å². The summed E-state index contributed by atoms with van der Waals surface area (Å²) in [7, 11) is 1.72. The van der Waals surface area contributed by atoms with Crippen molar-refractivity contribution in [1.82, 2.24) is 10.6 Å². The summed E-state index contributed by atoms with van der Waals surface area (Å²) in [5.41, 5.74) is 2.23. The van der Waals surface area contributed by atoms with Gasteiger partial charge >= 0.3 is 0 Å². The van der Waals surface area contributed by atoms with Gasteiger partial charge in [-0.05, 0) is 56.0 Å². The number of benzene rings is 2. The van der Waals surface area contributed by atoms with E-state index in [4.69, 9.17) is 9.73 Å². The molecule has 1 atom stereocenters. The minimum atomic E-state index is 0. The first kappa shape index (κ1) is 24.1. The summed E-state index contributed by atoms with van der Waals surface area (Å²) in [6.07, 6.45) is 3.03. The van der Waals surface area contributed by atoms with Crippen molar-refractivity contribution in [2.75, 3.05) is 38.2 Å². The number of hydrogen-bond donors (Lipinski definition) is 3. The summed E-state index contributed by atoms with van der Waals surface area (Å²) < 4.78 is 5.54. The third-order valence-corrected chi connectivity index (χ3v) is 5.11. The van der Waals surface area contributed by atoms with Crippen LogP contribution >= 0.6 is 24.0 Å². The molecule has 1 aliphatic heterocycles. The van der Waals surface area contributed by atoms with Gasteiger partial charge in [0.2, 0.25) is 0 Å². The number of halogens is 1. The van der Waals surface area contributed by atoms with Crippen LogP contribution in [0, 0.1) is 0 Å². The second kappa shape index (κ2) is 12.5. The minimum absolute atomic E-state index is 0. The average molecular weight is 524 g/mol. The van der Waals surface area contributed by atoms with E-state index < -0.39 is 0 Å². The Bertz CT molecular complexity index is 815. The van der Waals surface area contributed by atoms with Crippen LogP contribution in [-0.4, -0.2) is 50.4 Å². The highest BCUT2D eigenvalue weighted by Crippen LogP contribution is 2.29. The monoisotopic (exact) mass is 524 g/mol. The van der Waals surface area contributed by atoms with Crippen LogP contribution in [0.2, 0.25) is 0 Å². The zero-order chi connectivity index (χ0) is 20.5. The van der Waals surface area contributed by atoms with Gasteiger partial charge in [-0.3, -0.25) is 4.99 Å². The van der Waals surface area contributed by atoms with Crippen LogP contribution in [0.25, 0.3) is 0 Å². The van der Waals surface area contributed by atoms with Gasteiger partial charge in [-0.25, -0.2) is 0 Å². The largest absolute Gasteiger partial charge is 0.508 e. The molecule has 6 nitrogen and oxygen atoms in total. The standard InChI is InChI=1S/C23H32N4O2.HI/c1-3-24-23(25-14-13-18-8-6-10-20(28)16-18)26-19-9-7-15-27(17-19)21-11-4-5-12-22(21)29-2;/h4-6,8,10-12,16,19,28H,3,7,9,13-15,17H2,1-2H3,(H2,24,25,26);1H. The molecule has 3 rings (SSSR count). The fraction of sp³-hybridized carbons (Fsp3) is 0.435. The molecule has 0 radical (unpaired) electrons. The van der Waals surface area contributed by atoms with Crippen molar-refractivity contribution in [3.8, 4) is 11.5 Å². The number of nitrogens with zero attached hydrogens (tertiary/aromatic N) is 2. The number of methoxy groups -OCH3 is 1. The average Bonchev–Trinajstić information content (AvgIpc) is 2.74. The molecule has 1 unspecified atom stereocenters. The summed E-state index contributed by atoms with van der Waals surface area (Å²) in [5, 5.41) is 16.6. The molecule has 1 heterocycles. The van der Waals surface area contributed by atoms with Crippen LogP contribution in [0.5, 0.6) is 11.5 Å². The number of aliphatic imine (C=N–C) groups is 1. The second-order valence-electron chi connectivity index (χ2n) is 7.28. The number of hydrogen-bond acceptors (Lipinski definition) is 4. The molecule has 0 amide bonds. The van der Waals surface area contributed by atoms with Crippen molar-refractivity contribution < 1.29 is 9.84 Å². The number of phenolic OH excluding ortho intramolecular Hbond substituents is 1. The van der Waals surface area contributed by atoms with Gasteiger partial charge in [0.15, 0.2) is 5.96 Å². The molecule has 2 aromatic carbocycles. The van der Waals surface area contributed by atoms with Crippen LogP contribution in [0.3, 0.4) is 0 Å². The van der Waals surface area contributed by atoms with Gasteiger partial charge < -0.3 is 25.4 Å². The van der Waals surface area contributed by atoms with E-state index in [1.165, 1.54) is 0 Å². The molecule has 3 N–H and O–H groups in total. The van der Waals surface area contributed by atoms with Crippen molar-refractivity contribution in [1.29, 1.82) is 0 Å². The minimum Gasteiger partial charge on any atom is -0.508 e. The number of ether oxygens (including phenoxy) is 1. The Morgan fingerprint density at radius 2 is 2.07 bits per heavy atom. The number of piperidine rings is 1. The molecule has 0 aliphatic carbocycles. The Labute approximate surface area is 196 Å². The molecule has 164 valence electrons. The highest BCUT2D eigenvalue weighted by Gasteiger charge is 2.22. The Morgan fingerprint density at radius 1 is 1.23 bits per heavy atom. The van der Waals surface area contributed by atoms with Gasteiger partial charge in [0.1, 0.15) is 11.5 Å². The van der Waals surface area contributed by atoms with Gasteiger partial charge in [-0.1, -0.05) is 24.3 Å². The molecule has 1 fully saturated rings. The molecule has 1 saturated heterocycles. The van der Waals surface area contributed by atoms with Gasteiger partial charge in [-0.15, -0.1) is 24.0 Å². The Hall–Kier alpha value is -2.16. The van der Waals surface area contributed by atoms with Crippen molar-refractivity contribution >= 4 is 35.6 Å². The van der Waals surface area contributed by atoms with Gasteiger partial charge in [0.05, 0.1) is 12.8 Å². The zero-order valence-electron chi connectivity index (χ0n) is 17.8. The first-order valence-electron chi connectivity index (χ1n) is 10.4. The smallest absolute Gasteiger partial charge is 0.191 e. The van der Waals surface area contributed by atoms with Crippen molar-refractivity contribution in [3.63, 3.8) is 0 Å². The van der Waals surface area contributed by atoms with E-state index >= 15 is 0 Å². The number of para-hydroxylation sites is 2. The van der Waals surface area contributed by atoms with Crippen molar-refractivity contribution in [2.45, 2.75) is 32.2 Å². The number of rotatable bonds is 7. The molecule has 7 heteroatoms. The predicted octanol–water partition coefficient (Wildman–Crippen LogP) is 3.79. The van der Waals surface area contributed by atoms with E-state index in [-0.39, 0.29) is 24.0 Å². The van der Waals surface area contributed by atoms with Crippen LogP contribution < -0.4 is 20.3 Å². The third kappa shape index (κ3) is 6.97. The van der Waals surface area contributed by atoms with E-state index in [1.54, 1.807) is 19.2 Å². The number of anilines is 1. The normalized spacial score (nSPS) is 16.5. The van der Waals surface area contributed by atoms with Gasteiger partial charge in [-0.2, -0.15) is 0 Å². The zero-order valence-corrected chi connectivity index (χ0v) is 20.1. The maximum absolute atomic E-state index is 9.60. The lowest BCUT2D eigenvalue weighted by molar-refractivity contribution is 0.408. The topological polar surface area (TPSA) is 69.1 Å². The van der Waals surface area contributed by atoms with Crippen LogP contribution in [0.1, 0.15) is 25.3 Å². The number of aromatic hydroxyl groups is 1. The summed E-state index contributed by atoms with van der Waals surface area (Å²) in [6, 6.07) is 15.9. The SMILES string of the molecule is CCNC(=NCCc1cccc(O)c1)NC1CCCN(c2ccccc2OC)C1.I. The highest BCUT2D eigenvalue weighted by atomic mass is 127. The van der Waals surface area contributed by atoms with Crippen molar-refractivity contribution in [3.05, 3.63) is 54.1 Å². The Morgan fingerprint density at radius 3 is 2.83 bits per heavy atom. The predicted molar refractivity (Wildman–Crippen MR) is 135 cm³/mol. The van der Waals surface area contributed by atoms with Crippen LogP contribution in [-0.2, 0) is 6.42 Å². The number of guanidine groups is 1. The quantitative estimate of drug-likeness (QED) is 0.292. The molecule has 0 aromatic heterocycles. The Kier molecular flexibility index (Phi) is 10.1. The molecule has 1 aliphatic rings. The Balaban J connectivity index is 0.00000320. The summed E-state index contributed by atoms with van der Waals surface area (Å²) in [5.74, 6) is 2.06. The van der Waals surface area contributed by atoms with E-state index in [9.17, 15) is 5.11 Å². The fourth-order valence-electron chi connectivity index (χ4n) is 3.73. The molecule has 0 saturated carbocycles. The maximum Gasteiger partial charge on any atom is 0.191 e. The lowest BCUT2D eigenvalue weighted by Crippen LogP contribution is -2.51. The van der Waals surface area contributed by atoms with Gasteiger partial charge in [0.25, 0.3) is 0 Å². The molecule has 2 aromatic rings. The molecular formula is C23H33IN4O2. The van der Waals surface area contributed by atoms with E-state index in [2.05, 4.69) is 34.6 Å². The van der Waals surface area contributed by atoms with Gasteiger partial charge in [0, 0.05) is 32.2 Å². The first-order valence-corrected chi connectivity index (χ1v) is 10.4. The molecule has 0 spiro atoms. The number of phenols is 1. The van der Waals surface area contributed by atoms with E-state index in [0.29, 0.717) is 18.3 Å².